The van der Waals surface area contributed by atoms with Gasteiger partial charge in [0.1, 0.15) is 17.3 Å². The molecule has 0 amide bonds. The van der Waals surface area contributed by atoms with Crippen molar-refractivity contribution in [1.29, 1.82) is 0 Å². The van der Waals surface area contributed by atoms with Crippen molar-refractivity contribution < 1.29 is 4.74 Å². The molecule has 0 atom stereocenters. The van der Waals surface area contributed by atoms with Gasteiger partial charge < -0.3 is 4.74 Å². The molecule has 0 unspecified atom stereocenters. The molecule has 0 N–H and O–H groups in total. The average Bonchev–Trinajstić information content (AvgIpc) is 3.60. The molecule has 7 rings (SSSR count). The van der Waals surface area contributed by atoms with Gasteiger partial charge in [-0.05, 0) is 91.4 Å². The van der Waals surface area contributed by atoms with Crippen LogP contribution in [-0.4, -0.2) is 19.3 Å². The Balaban J connectivity index is 1.25. The van der Waals surface area contributed by atoms with E-state index in [0.29, 0.717) is 5.92 Å². The predicted molar refractivity (Wildman–Crippen MR) is 176 cm³/mol. The lowest BCUT2D eigenvalue weighted by atomic mass is 9.89. The summed E-state index contributed by atoms with van der Waals surface area (Å²) in [4.78, 5) is 4.70. The Kier molecular flexibility index (Phi) is 6.58. The zero-order valence-electron chi connectivity index (χ0n) is 25.2. The van der Waals surface area contributed by atoms with Crippen molar-refractivity contribution in [2.75, 3.05) is 0 Å². The first-order valence-electron chi connectivity index (χ1n) is 14.8. The van der Waals surface area contributed by atoms with Gasteiger partial charge >= 0.3 is 0 Å². The first-order chi connectivity index (χ1) is 20.9. The molecule has 212 valence electrons. The summed E-state index contributed by atoms with van der Waals surface area (Å²) in [7, 11) is 0. The van der Waals surface area contributed by atoms with Gasteiger partial charge in [-0.15, -0.1) is 0 Å². The number of fused-ring (bicyclic) bond motifs is 3. The lowest BCUT2D eigenvalue weighted by Gasteiger charge is -2.16. The lowest BCUT2D eigenvalue weighted by molar-refractivity contribution is 0.483. The maximum absolute atomic E-state index is 6.46. The van der Waals surface area contributed by atoms with E-state index >= 15 is 0 Å². The highest BCUT2D eigenvalue weighted by Crippen LogP contribution is 2.36. The minimum atomic E-state index is 0.423. The zero-order valence-corrected chi connectivity index (χ0v) is 25.2. The fourth-order valence-corrected chi connectivity index (χ4v) is 6.17. The number of ether oxygens (including phenoxy) is 1. The van der Waals surface area contributed by atoms with Gasteiger partial charge in [0.25, 0.3) is 0 Å². The van der Waals surface area contributed by atoms with Gasteiger partial charge in [-0.1, -0.05) is 55.8 Å². The molecule has 0 spiro atoms. The number of aromatic nitrogens is 4. The minimum Gasteiger partial charge on any atom is -0.457 e. The van der Waals surface area contributed by atoms with Crippen molar-refractivity contribution in [2.24, 2.45) is 0 Å². The third-order valence-electron chi connectivity index (χ3n) is 8.10. The normalized spacial score (nSPS) is 11.6. The number of hydrogen-bond donors (Lipinski definition) is 0. The van der Waals surface area contributed by atoms with Crippen molar-refractivity contribution in [3.8, 4) is 34.1 Å². The molecule has 3 heterocycles. The van der Waals surface area contributed by atoms with Crippen molar-refractivity contribution in [3.63, 3.8) is 0 Å². The van der Waals surface area contributed by atoms with E-state index in [1.807, 2.05) is 47.4 Å². The molecule has 5 heteroatoms. The van der Waals surface area contributed by atoms with E-state index in [-0.39, 0.29) is 0 Å². The van der Waals surface area contributed by atoms with E-state index in [4.69, 9.17) is 14.8 Å². The summed E-state index contributed by atoms with van der Waals surface area (Å²) < 4.78 is 10.6. The largest absolute Gasteiger partial charge is 0.457 e. The van der Waals surface area contributed by atoms with Gasteiger partial charge in [0.2, 0.25) is 0 Å². The van der Waals surface area contributed by atoms with Crippen LogP contribution in [0.15, 0.2) is 110 Å². The summed E-state index contributed by atoms with van der Waals surface area (Å²) in [6, 6.07) is 31.5. The Labute approximate surface area is 252 Å². The smallest absolute Gasteiger partial charge is 0.137 e. The molecule has 0 fully saturated rings. The summed E-state index contributed by atoms with van der Waals surface area (Å²) in [5, 5.41) is 7.09. The molecule has 0 aliphatic rings. The van der Waals surface area contributed by atoms with Crippen molar-refractivity contribution in [2.45, 2.75) is 40.5 Å². The highest BCUT2D eigenvalue weighted by atomic mass is 16.5. The van der Waals surface area contributed by atoms with Crippen molar-refractivity contribution >= 4 is 21.8 Å². The van der Waals surface area contributed by atoms with Crippen LogP contribution < -0.4 is 4.74 Å². The molecule has 3 aromatic heterocycles. The third-order valence-corrected chi connectivity index (χ3v) is 8.10. The fourth-order valence-electron chi connectivity index (χ4n) is 6.17. The van der Waals surface area contributed by atoms with E-state index in [2.05, 4.69) is 106 Å². The molecule has 4 aromatic carbocycles. The van der Waals surface area contributed by atoms with Crippen LogP contribution >= 0.6 is 0 Å². The monoisotopic (exact) mass is 562 g/mol. The molecular formula is C38H34N4O. The Bertz CT molecular complexity index is 2130. The van der Waals surface area contributed by atoms with Gasteiger partial charge in [0.05, 0.1) is 22.9 Å². The minimum absolute atomic E-state index is 0.423. The predicted octanol–water partition coefficient (Wildman–Crippen LogP) is 9.87. The average molecular weight is 563 g/mol. The fraction of sp³-hybridized carbons (Fsp3) is 0.158. The molecule has 5 nitrogen and oxygen atoms in total. The van der Waals surface area contributed by atoms with Gasteiger partial charge in [-0.25, -0.2) is 9.67 Å². The van der Waals surface area contributed by atoms with Crippen LogP contribution in [-0.2, 0) is 0 Å². The molecule has 0 radical (unpaired) electrons. The second-order valence-corrected chi connectivity index (χ2v) is 11.7. The van der Waals surface area contributed by atoms with Crippen LogP contribution in [0, 0.1) is 20.8 Å². The molecule has 0 aliphatic carbocycles. The first-order valence-corrected chi connectivity index (χ1v) is 14.8. The van der Waals surface area contributed by atoms with Gasteiger partial charge in [0, 0.05) is 40.9 Å². The van der Waals surface area contributed by atoms with Crippen LogP contribution in [0.2, 0.25) is 0 Å². The van der Waals surface area contributed by atoms with Gasteiger partial charge in [-0.2, -0.15) is 5.10 Å². The van der Waals surface area contributed by atoms with Gasteiger partial charge in [-0.3, -0.25) is 4.57 Å². The third kappa shape index (κ3) is 4.87. The number of para-hydroxylation sites is 1. The quantitative estimate of drug-likeness (QED) is 0.203. The maximum Gasteiger partial charge on any atom is 0.137 e. The summed E-state index contributed by atoms with van der Waals surface area (Å²) in [6.07, 6.45) is 5.94. The first kappa shape index (κ1) is 26.7. The topological polar surface area (TPSA) is 44.9 Å². The van der Waals surface area contributed by atoms with Crippen LogP contribution in [0.3, 0.4) is 0 Å². The second-order valence-electron chi connectivity index (χ2n) is 11.7. The Morgan fingerprint density at radius 3 is 2.37 bits per heavy atom. The summed E-state index contributed by atoms with van der Waals surface area (Å²) in [6.45, 7) is 10.9. The Hall–Kier alpha value is -5.16. The summed E-state index contributed by atoms with van der Waals surface area (Å²) >= 11 is 0. The molecule has 43 heavy (non-hydrogen) atoms. The number of benzene rings is 4. The molecule has 0 bridgehead atoms. The van der Waals surface area contributed by atoms with E-state index in [9.17, 15) is 0 Å². The van der Waals surface area contributed by atoms with E-state index < -0.39 is 0 Å². The number of pyridine rings is 1. The van der Waals surface area contributed by atoms with Crippen molar-refractivity contribution in [1.82, 2.24) is 19.3 Å². The standard InChI is InChI=1S/C38H34N4O/c1-24(2)34-18-26(4)17-27(5)38(34)28-22-40-41(23-28)29-9-8-10-30(20-29)43-31-13-14-33-32-11-6-7-12-35(32)42(36(33)21-31)37-19-25(3)15-16-39-37/h6-24H,1-5H3. The second kappa shape index (κ2) is 10.6. The van der Waals surface area contributed by atoms with E-state index in [1.54, 1.807) is 0 Å². The maximum atomic E-state index is 6.46. The molecule has 0 saturated carbocycles. The molecule has 0 aliphatic heterocycles. The van der Waals surface area contributed by atoms with E-state index in [0.717, 1.165) is 45.0 Å². The Morgan fingerprint density at radius 2 is 1.53 bits per heavy atom. The lowest BCUT2D eigenvalue weighted by Crippen LogP contribution is -1.98. The van der Waals surface area contributed by atoms with Crippen LogP contribution in [0.4, 0.5) is 0 Å². The van der Waals surface area contributed by atoms with Crippen LogP contribution in [0.5, 0.6) is 11.5 Å². The summed E-state index contributed by atoms with van der Waals surface area (Å²) in [5.41, 5.74) is 10.6. The van der Waals surface area contributed by atoms with Gasteiger partial charge in [0.15, 0.2) is 0 Å². The molecule has 0 saturated heterocycles. The zero-order chi connectivity index (χ0) is 29.7. The highest BCUT2D eigenvalue weighted by molar-refractivity contribution is 6.09. The SMILES string of the molecule is Cc1ccnc(-n2c3ccccc3c3ccc(Oc4cccc(-n5cc(-c6c(C)cc(C)cc6C(C)C)cn5)c4)cc32)c1. The number of aryl methyl sites for hydroxylation is 3. The number of rotatable bonds is 6. The van der Waals surface area contributed by atoms with Crippen molar-refractivity contribution in [3.05, 3.63) is 132 Å². The van der Waals surface area contributed by atoms with Crippen LogP contribution in [0.1, 0.15) is 42.0 Å². The van der Waals surface area contributed by atoms with E-state index in [1.165, 1.54) is 33.2 Å². The summed E-state index contributed by atoms with van der Waals surface area (Å²) in [5.74, 6) is 2.83. The molecular weight excluding hydrogens is 528 g/mol. The van der Waals surface area contributed by atoms with Crippen LogP contribution in [0.25, 0.3) is 44.4 Å². The molecule has 7 aromatic rings. The number of hydrogen-bond acceptors (Lipinski definition) is 3. The number of nitrogens with zero attached hydrogens (tertiary/aromatic N) is 4. The highest BCUT2D eigenvalue weighted by Gasteiger charge is 2.16. The Morgan fingerprint density at radius 1 is 0.721 bits per heavy atom.